The second kappa shape index (κ2) is 12.4. The van der Waals surface area contributed by atoms with Crippen LogP contribution in [0.5, 0.6) is 17.2 Å². The van der Waals surface area contributed by atoms with Gasteiger partial charge >= 0.3 is 0 Å². The second-order valence-electron chi connectivity index (χ2n) is 8.65. The summed E-state index contributed by atoms with van der Waals surface area (Å²) in [5.74, 6) is 1.47. The third-order valence-corrected chi connectivity index (χ3v) is 6.67. The van der Waals surface area contributed by atoms with Crippen molar-refractivity contribution in [2.45, 2.75) is 25.8 Å². The molecule has 1 aliphatic heterocycles. The van der Waals surface area contributed by atoms with Crippen LogP contribution < -0.4 is 24.4 Å². The quantitative estimate of drug-likeness (QED) is 0.359. The summed E-state index contributed by atoms with van der Waals surface area (Å²) in [4.78, 5) is 30.0. The van der Waals surface area contributed by atoms with Crippen LogP contribution in [0.4, 0.5) is 11.4 Å². The van der Waals surface area contributed by atoms with Crippen LogP contribution >= 0.6 is 12.2 Å². The van der Waals surface area contributed by atoms with E-state index in [4.69, 9.17) is 26.4 Å². The Morgan fingerprint density at radius 3 is 2.34 bits per heavy atom. The number of thiocarbonyl (C=S) groups is 1. The molecule has 1 aliphatic rings. The molecule has 3 aromatic carbocycles. The van der Waals surface area contributed by atoms with Crippen LogP contribution in [0.15, 0.2) is 72.8 Å². The molecule has 0 aromatic heterocycles. The summed E-state index contributed by atoms with van der Waals surface area (Å²) < 4.78 is 16.3. The standard InChI is InChI=1S/C29H31N3O5S/c1-4-37-23-13-11-22(12-14-23)32-28(34)24(19-27(33)30-21-8-6-5-7-9-21)31(29(32)38)17-16-20-10-15-25(35-2)26(18-20)36-3/h5-15,18,24H,4,16-17,19H2,1-3H3,(H,30,33)/t24-/m0/s1. The average molecular weight is 534 g/mol. The predicted octanol–water partition coefficient (Wildman–Crippen LogP) is 4.68. The van der Waals surface area contributed by atoms with Crippen LogP contribution in [0, 0.1) is 0 Å². The maximum atomic E-state index is 13.7. The number of methoxy groups -OCH3 is 2. The molecule has 3 aromatic rings. The molecule has 1 saturated heterocycles. The maximum absolute atomic E-state index is 13.7. The zero-order chi connectivity index (χ0) is 27.1. The molecule has 0 bridgehead atoms. The minimum absolute atomic E-state index is 0.0344. The Kier molecular flexibility index (Phi) is 8.81. The maximum Gasteiger partial charge on any atom is 0.256 e. The summed E-state index contributed by atoms with van der Waals surface area (Å²) in [6, 6.07) is 21.3. The third kappa shape index (κ3) is 6.06. The number of anilines is 2. The fraction of sp³-hybridized carbons (Fsp3) is 0.276. The largest absolute Gasteiger partial charge is 0.494 e. The van der Waals surface area contributed by atoms with E-state index >= 15 is 0 Å². The van der Waals surface area contributed by atoms with E-state index in [-0.39, 0.29) is 18.2 Å². The van der Waals surface area contributed by atoms with Crippen molar-refractivity contribution in [1.82, 2.24) is 4.90 Å². The normalized spacial score (nSPS) is 15.0. The predicted molar refractivity (Wildman–Crippen MR) is 151 cm³/mol. The molecule has 0 unspecified atom stereocenters. The lowest BCUT2D eigenvalue weighted by atomic mass is 10.1. The van der Waals surface area contributed by atoms with Crippen LogP contribution in [-0.2, 0) is 16.0 Å². The van der Waals surface area contributed by atoms with Crippen molar-refractivity contribution in [2.75, 3.05) is 37.6 Å². The van der Waals surface area contributed by atoms with Crippen molar-refractivity contribution in [3.63, 3.8) is 0 Å². The number of ether oxygens (including phenoxy) is 3. The van der Waals surface area contributed by atoms with Crippen LogP contribution in [0.3, 0.4) is 0 Å². The number of benzene rings is 3. The van der Waals surface area contributed by atoms with Gasteiger partial charge in [-0.25, -0.2) is 0 Å². The van der Waals surface area contributed by atoms with Crippen molar-refractivity contribution >= 4 is 40.5 Å². The molecule has 1 atom stereocenters. The molecule has 8 nitrogen and oxygen atoms in total. The highest BCUT2D eigenvalue weighted by Gasteiger charge is 2.44. The number of amides is 2. The summed E-state index contributed by atoms with van der Waals surface area (Å²) in [6.07, 6.45) is 0.551. The molecule has 38 heavy (non-hydrogen) atoms. The van der Waals surface area contributed by atoms with E-state index in [1.54, 1.807) is 50.6 Å². The van der Waals surface area contributed by atoms with E-state index in [0.29, 0.717) is 53.3 Å². The Bertz CT molecular complexity index is 1280. The zero-order valence-corrected chi connectivity index (χ0v) is 22.5. The lowest BCUT2D eigenvalue weighted by molar-refractivity contribution is -0.124. The van der Waals surface area contributed by atoms with Gasteiger partial charge in [0.05, 0.1) is 32.9 Å². The molecule has 9 heteroatoms. The molecule has 1 N–H and O–H groups in total. The van der Waals surface area contributed by atoms with Crippen LogP contribution in [0.25, 0.3) is 0 Å². The van der Waals surface area contributed by atoms with Gasteiger partial charge in [0, 0.05) is 12.2 Å². The van der Waals surface area contributed by atoms with Crippen LogP contribution in [-0.4, -0.2) is 55.2 Å². The van der Waals surface area contributed by atoms with E-state index in [0.717, 1.165) is 5.56 Å². The number of nitrogens with one attached hydrogen (secondary N) is 1. The van der Waals surface area contributed by atoms with Gasteiger partial charge < -0.3 is 24.4 Å². The van der Waals surface area contributed by atoms with E-state index in [9.17, 15) is 9.59 Å². The number of para-hydroxylation sites is 1. The fourth-order valence-electron chi connectivity index (χ4n) is 4.38. The molecule has 4 rings (SSSR count). The van der Waals surface area contributed by atoms with Crippen molar-refractivity contribution in [3.05, 3.63) is 78.4 Å². The van der Waals surface area contributed by atoms with Gasteiger partial charge in [-0.05, 0) is 79.7 Å². The number of carbonyl (C=O) groups is 2. The van der Waals surface area contributed by atoms with Crippen molar-refractivity contribution < 1.29 is 23.8 Å². The Morgan fingerprint density at radius 2 is 1.68 bits per heavy atom. The van der Waals surface area contributed by atoms with Gasteiger partial charge in [-0.3, -0.25) is 14.5 Å². The number of hydrogen-bond acceptors (Lipinski definition) is 6. The van der Waals surface area contributed by atoms with Crippen LogP contribution in [0.2, 0.25) is 0 Å². The van der Waals surface area contributed by atoms with Gasteiger partial charge in [0.15, 0.2) is 16.6 Å². The number of hydrogen-bond donors (Lipinski definition) is 1. The Labute approximate surface area is 228 Å². The molecular formula is C29H31N3O5S. The van der Waals surface area contributed by atoms with Crippen molar-refractivity contribution in [2.24, 2.45) is 0 Å². The van der Waals surface area contributed by atoms with Crippen molar-refractivity contribution in [3.8, 4) is 17.2 Å². The molecule has 0 aliphatic carbocycles. The van der Waals surface area contributed by atoms with Gasteiger partial charge in [-0.15, -0.1) is 0 Å². The van der Waals surface area contributed by atoms with Crippen molar-refractivity contribution in [1.29, 1.82) is 0 Å². The monoisotopic (exact) mass is 533 g/mol. The lowest BCUT2D eigenvalue weighted by Gasteiger charge is -2.24. The van der Waals surface area contributed by atoms with Gasteiger partial charge in [0.2, 0.25) is 5.91 Å². The minimum Gasteiger partial charge on any atom is -0.494 e. The summed E-state index contributed by atoms with van der Waals surface area (Å²) in [7, 11) is 3.18. The van der Waals surface area contributed by atoms with Gasteiger partial charge in [-0.2, -0.15) is 0 Å². The number of carbonyl (C=O) groups excluding carboxylic acids is 2. The average Bonchev–Trinajstić information content (AvgIpc) is 3.16. The zero-order valence-electron chi connectivity index (χ0n) is 21.7. The summed E-state index contributed by atoms with van der Waals surface area (Å²) in [6.45, 7) is 2.90. The highest BCUT2D eigenvalue weighted by Crippen LogP contribution is 2.31. The first-order chi connectivity index (χ1) is 18.4. The highest BCUT2D eigenvalue weighted by molar-refractivity contribution is 7.80. The Balaban J connectivity index is 1.56. The van der Waals surface area contributed by atoms with Gasteiger partial charge in [0.25, 0.3) is 5.91 Å². The van der Waals surface area contributed by atoms with E-state index in [2.05, 4.69) is 5.32 Å². The molecule has 0 radical (unpaired) electrons. The molecule has 2 amide bonds. The minimum atomic E-state index is -0.738. The van der Waals surface area contributed by atoms with Gasteiger partial charge in [-0.1, -0.05) is 24.3 Å². The molecule has 1 heterocycles. The number of nitrogens with zero attached hydrogens (tertiary/aromatic N) is 2. The molecule has 0 spiro atoms. The van der Waals surface area contributed by atoms with E-state index < -0.39 is 6.04 Å². The first-order valence-corrected chi connectivity index (χ1v) is 12.8. The van der Waals surface area contributed by atoms with Gasteiger partial charge in [0.1, 0.15) is 11.8 Å². The van der Waals surface area contributed by atoms with Crippen LogP contribution in [0.1, 0.15) is 18.9 Å². The third-order valence-electron chi connectivity index (χ3n) is 6.25. The summed E-state index contributed by atoms with van der Waals surface area (Å²) in [5, 5.41) is 3.23. The Hall–Kier alpha value is -4.11. The van der Waals surface area contributed by atoms with E-state index in [1.165, 1.54) is 4.90 Å². The fourth-order valence-corrected chi connectivity index (χ4v) is 4.79. The first kappa shape index (κ1) is 26.9. The Morgan fingerprint density at radius 1 is 0.974 bits per heavy atom. The molecule has 198 valence electrons. The SMILES string of the molecule is CCOc1ccc(N2C(=O)[C@H](CC(=O)Nc3ccccc3)N(CCc3ccc(OC)c(OC)c3)C2=S)cc1. The summed E-state index contributed by atoms with van der Waals surface area (Å²) in [5.41, 5.74) is 2.29. The molecular weight excluding hydrogens is 502 g/mol. The first-order valence-electron chi connectivity index (χ1n) is 12.4. The topological polar surface area (TPSA) is 80.3 Å². The smallest absolute Gasteiger partial charge is 0.256 e. The second-order valence-corrected chi connectivity index (χ2v) is 9.02. The van der Waals surface area contributed by atoms with E-state index in [1.807, 2.05) is 48.2 Å². The number of rotatable bonds is 11. The lowest BCUT2D eigenvalue weighted by Crippen LogP contribution is -2.39. The highest BCUT2D eigenvalue weighted by atomic mass is 32.1. The molecule has 1 fully saturated rings. The summed E-state index contributed by atoms with van der Waals surface area (Å²) >= 11 is 5.79. The molecule has 0 saturated carbocycles.